The molecule has 25 heavy (non-hydrogen) atoms. The van der Waals surface area contributed by atoms with E-state index in [-0.39, 0.29) is 17.0 Å². The number of alkyl halides is 3. The molecule has 0 aliphatic rings. The van der Waals surface area contributed by atoms with Gasteiger partial charge < -0.3 is 15.6 Å². The number of hydrogen-bond acceptors (Lipinski definition) is 4. The van der Waals surface area contributed by atoms with Crippen LogP contribution in [0.25, 0.3) is 0 Å². The van der Waals surface area contributed by atoms with Crippen molar-refractivity contribution in [2.24, 2.45) is 5.92 Å². The van der Waals surface area contributed by atoms with Gasteiger partial charge in [0, 0.05) is 0 Å². The van der Waals surface area contributed by atoms with Gasteiger partial charge in [-0.1, -0.05) is 11.6 Å². The van der Waals surface area contributed by atoms with E-state index in [4.69, 9.17) is 22.1 Å². The molecule has 9 heteroatoms. The monoisotopic (exact) mass is 381 g/mol. The number of nitrogen functional groups attached to an aromatic ring is 1. The highest BCUT2D eigenvalue weighted by atomic mass is 35.5. The quantitative estimate of drug-likeness (QED) is 0.596. The molecular weight excluding hydrogens is 363 g/mol. The van der Waals surface area contributed by atoms with Gasteiger partial charge in [0.2, 0.25) is 0 Å². The van der Waals surface area contributed by atoms with Crippen LogP contribution in [0.5, 0.6) is 0 Å². The predicted molar refractivity (Wildman–Crippen MR) is 86.2 cm³/mol. The van der Waals surface area contributed by atoms with Crippen LogP contribution < -0.4 is 5.73 Å². The number of carbonyl (C=O) groups is 2. The fourth-order valence-electron chi connectivity index (χ4n) is 2.14. The number of nitrogens with two attached hydrogens (primary N) is 1. The van der Waals surface area contributed by atoms with E-state index in [1.54, 1.807) is 20.8 Å². The van der Waals surface area contributed by atoms with E-state index in [1.165, 1.54) is 0 Å². The van der Waals surface area contributed by atoms with Crippen molar-refractivity contribution in [2.45, 2.75) is 45.4 Å². The first-order valence-electron chi connectivity index (χ1n) is 7.30. The summed E-state index contributed by atoms with van der Waals surface area (Å²) in [6.45, 7) is 4.86. The molecule has 0 heterocycles. The maximum Gasteiger partial charge on any atom is 0.418 e. The normalized spacial score (nSPS) is 13.4. The summed E-state index contributed by atoms with van der Waals surface area (Å²) in [5.41, 5.74) is 2.78. The zero-order valence-corrected chi connectivity index (χ0v) is 14.7. The van der Waals surface area contributed by atoms with E-state index in [2.05, 4.69) is 0 Å². The Balaban J connectivity index is 3.05. The first-order chi connectivity index (χ1) is 11.2. The molecule has 0 aliphatic heterocycles. The van der Waals surface area contributed by atoms with Crippen molar-refractivity contribution in [3.05, 3.63) is 28.3 Å². The lowest BCUT2D eigenvalue weighted by atomic mass is 9.94. The minimum absolute atomic E-state index is 0.0162. The summed E-state index contributed by atoms with van der Waals surface area (Å²) in [5.74, 6) is -3.33. The zero-order valence-electron chi connectivity index (χ0n) is 13.9. The van der Waals surface area contributed by atoms with E-state index in [0.29, 0.717) is 0 Å². The summed E-state index contributed by atoms with van der Waals surface area (Å²) in [5, 5.41) is 8.92. The van der Waals surface area contributed by atoms with E-state index in [1.807, 2.05) is 0 Å². The van der Waals surface area contributed by atoms with Gasteiger partial charge in [-0.15, -0.1) is 0 Å². The summed E-state index contributed by atoms with van der Waals surface area (Å²) >= 11 is 5.72. The van der Waals surface area contributed by atoms with Crippen molar-refractivity contribution in [1.82, 2.24) is 0 Å². The molecule has 5 nitrogen and oxygen atoms in total. The number of esters is 1. The van der Waals surface area contributed by atoms with E-state index < -0.39 is 47.3 Å². The van der Waals surface area contributed by atoms with Crippen LogP contribution in [0.1, 0.15) is 38.3 Å². The Morgan fingerprint density at radius 2 is 1.84 bits per heavy atom. The number of benzene rings is 1. The Labute approximate surface area is 147 Å². The van der Waals surface area contributed by atoms with Gasteiger partial charge in [-0.05, 0) is 44.9 Å². The third kappa shape index (κ3) is 6.45. The van der Waals surface area contributed by atoms with Crippen LogP contribution >= 0.6 is 11.6 Å². The van der Waals surface area contributed by atoms with Crippen LogP contribution in [0.4, 0.5) is 18.9 Å². The molecule has 0 bridgehead atoms. The summed E-state index contributed by atoms with van der Waals surface area (Å²) in [6.07, 6.45) is -5.53. The lowest BCUT2D eigenvalue weighted by Gasteiger charge is -2.21. The minimum Gasteiger partial charge on any atom is -0.481 e. The van der Waals surface area contributed by atoms with Crippen molar-refractivity contribution in [1.29, 1.82) is 0 Å². The van der Waals surface area contributed by atoms with Gasteiger partial charge in [-0.3, -0.25) is 9.59 Å². The molecule has 1 aromatic carbocycles. The summed E-state index contributed by atoms with van der Waals surface area (Å²) in [6, 6.07) is 1.91. The number of ether oxygens (including phenoxy) is 1. The highest BCUT2D eigenvalue weighted by Crippen LogP contribution is 2.38. The number of aliphatic carboxylic acids is 1. The van der Waals surface area contributed by atoms with Gasteiger partial charge in [0.05, 0.1) is 28.6 Å². The highest BCUT2D eigenvalue weighted by molar-refractivity contribution is 6.33. The van der Waals surface area contributed by atoms with Crippen LogP contribution in [-0.4, -0.2) is 22.6 Å². The smallest absolute Gasteiger partial charge is 0.418 e. The third-order valence-electron chi connectivity index (χ3n) is 3.16. The fraction of sp³-hybridized carbons (Fsp3) is 0.500. The number of hydrogen-bond donors (Lipinski definition) is 2. The second-order valence-corrected chi connectivity index (χ2v) is 6.97. The van der Waals surface area contributed by atoms with Crippen LogP contribution in [0.2, 0.25) is 5.02 Å². The molecule has 1 unspecified atom stereocenters. The number of halogens is 4. The van der Waals surface area contributed by atoms with Gasteiger partial charge in [0.25, 0.3) is 0 Å². The fourth-order valence-corrected chi connectivity index (χ4v) is 2.38. The molecule has 0 aromatic heterocycles. The van der Waals surface area contributed by atoms with Crippen molar-refractivity contribution >= 4 is 29.2 Å². The van der Waals surface area contributed by atoms with Gasteiger partial charge in [-0.25, -0.2) is 0 Å². The van der Waals surface area contributed by atoms with Gasteiger partial charge in [0.1, 0.15) is 5.60 Å². The minimum atomic E-state index is -4.73. The molecule has 1 aromatic rings. The molecule has 0 aliphatic carbocycles. The first kappa shape index (κ1) is 21.1. The standard InChI is InChI=1S/C16H19ClF3NO4/c1-15(2,3)25-12(22)7-9(14(23)24)4-8-5-10(16(18,19)20)13(21)11(17)6-8/h5-6,9H,4,7,21H2,1-3H3,(H,23,24). The summed E-state index contributed by atoms with van der Waals surface area (Å²) < 4.78 is 44.0. The lowest BCUT2D eigenvalue weighted by Crippen LogP contribution is -2.28. The highest BCUT2D eigenvalue weighted by Gasteiger charge is 2.35. The maximum absolute atomic E-state index is 13.0. The van der Waals surface area contributed by atoms with Crippen LogP contribution in [0.3, 0.4) is 0 Å². The van der Waals surface area contributed by atoms with Crippen LogP contribution in [0.15, 0.2) is 12.1 Å². The second kappa shape index (κ2) is 7.51. The Morgan fingerprint density at radius 1 is 1.28 bits per heavy atom. The van der Waals surface area contributed by atoms with Gasteiger partial charge in [-0.2, -0.15) is 13.2 Å². The van der Waals surface area contributed by atoms with Gasteiger partial charge in [0.15, 0.2) is 0 Å². The van der Waals surface area contributed by atoms with Crippen molar-refractivity contribution < 1.29 is 32.6 Å². The molecule has 0 amide bonds. The van der Waals surface area contributed by atoms with Crippen molar-refractivity contribution in [3.63, 3.8) is 0 Å². The number of carboxylic acid groups (broad SMARTS) is 1. The average molecular weight is 382 g/mol. The Bertz CT molecular complexity index is 669. The predicted octanol–water partition coefficient (Wildman–Crippen LogP) is 3.92. The number of anilines is 1. The topological polar surface area (TPSA) is 89.6 Å². The van der Waals surface area contributed by atoms with Crippen molar-refractivity contribution in [2.75, 3.05) is 5.73 Å². The molecule has 0 radical (unpaired) electrons. The number of carbonyl (C=O) groups excluding carboxylic acids is 1. The molecule has 3 N–H and O–H groups in total. The van der Waals surface area contributed by atoms with Crippen LogP contribution in [-0.2, 0) is 26.9 Å². The first-order valence-corrected chi connectivity index (χ1v) is 7.68. The molecule has 0 fully saturated rings. The molecule has 140 valence electrons. The van der Waals surface area contributed by atoms with E-state index in [0.717, 1.165) is 12.1 Å². The molecule has 1 rings (SSSR count). The zero-order chi connectivity index (χ0) is 19.6. The number of rotatable bonds is 5. The number of carboxylic acids is 1. The van der Waals surface area contributed by atoms with Crippen molar-refractivity contribution in [3.8, 4) is 0 Å². The SMILES string of the molecule is CC(C)(C)OC(=O)CC(Cc1cc(Cl)c(N)c(C(F)(F)F)c1)C(=O)O. The summed E-state index contributed by atoms with van der Waals surface area (Å²) in [7, 11) is 0. The Kier molecular flexibility index (Phi) is 6.33. The summed E-state index contributed by atoms with van der Waals surface area (Å²) in [4.78, 5) is 23.2. The third-order valence-corrected chi connectivity index (χ3v) is 3.47. The van der Waals surface area contributed by atoms with Crippen LogP contribution in [0, 0.1) is 5.92 Å². The molecule has 0 saturated heterocycles. The van der Waals surface area contributed by atoms with Gasteiger partial charge >= 0.3 is 18.1 Å². The Morgan fingerprint density at radius 3 is 2.28 bits per heavy atom. The molecular formula is C16H19ClF3NO4. The largest absolute Gasteiger partial charge is 0.481 e. The molecule has 0 saturated carbocycles. The average Bonchev–Trinajstić information content (AvgIpc) is 2.38. The lowest BCUT2D eigenvalue weighted by molar-refractivity contribution is -0.159. The maximum atomic E-state index is 13.0. The Hall–Kier alpha value is -1.96. The molecule has 1 atom stereocenters. The molecule has 0 spiro atoms. The van der Waals surface area contributed by atoms with E-state index in [9.17, 15) is 27.9 Å². The van der Waals surface area contributed by atoms with E-state index >= 15 is 0 Å². The second-order valence-electron chi connectivity index (χ2n) is 6.57.